The standard InChI is InChI=1S/C15H25NO4Si/c1-15(2,3)21(6,7)20-14-12(18-4)8-11(10-16-17)9-13(14)19-5/h8-10,17H,1-7H3/b16-10+. The summed E-state index contributed by atoms with van der Waals surface area (Å²) in [6, 6.07) is 3.51. The summed E-state index contributed by atoms with van der Waals surface area (Å²) in [5.74, 6) is 1.73. The molecule has 0 fully saturated rings. The number of nitrogens with zero attached hydrogens (tertiary/aromatic N) is 1. The van der Waals surface area contributed by atoms with Gasteiger partial charge >= 0.3 is 0 Å². The van der Waals surface area contributed by atoms with Gasteiger partial charge in [-0.1, -0.05) is 25.9 Å². The van der Waals surface area contributed by atoms with E-state index in [4.69, 9.17) is 19.1 Å². The van der Waals surface area contributed by atoms with E-state index in [9.17, 15) is 0 Å². The van der Waals surface area contributed by atoms with E-state index in [1.54, 1.807) is 26.4 Å². The lowest BCUT2D eigenvalue weighted by molar-refractivity contribution is 0.321. The zero-order valence-corrected chi connectivity index (χ0v) is 14.9. The van der Waals surface area contributed by atoms with Crippen LogP contribution in [0, 0.1) is 0 Å². The first-order valence-corrected chi connectivity index (χ1v) is 9.69. The average Bonchev–Trinajstić information content (AvgIpc) is 2.38. The van der Waals surface area contributed by atoms with Crippen LogP contribution in [-0.2, 0) is 0 Å². The van der Waals surface area contributed by atoms with Crippen LogP contribution in [0.3, 0.4) is 0 Å². The summed E-state index contributed by atoms with van der Waals surface area (Å²) in [6.07, 6.45) is 1.32. The summed E-state index contributed by atoms with van der Waals surface area (Å²) >= 11 is 0. The Balaban J connectivity index is 3.34. The van der Waals surface area contributed by atoms with Crippen LogP contribution in [0.5, 0.6) is 17.2 Å². The number of benzene rings is 1. The lowest BCUT2D eigenvalue weighted by Gasteiger charge is -2.37. The molecule has 0 radical (unpaired) electrons. The van der Waals surface area contributed by atoms with Crippen LogP contribution in [0.25, 0.3) is 0 Å². The predicted molar refractivity (Wildman–Crippen MR) is 86.8 cm³/mol. The number of rotatable bonds is 5. The van der Waals surface area contributed by atoms with Gasteiger partial charge in [-0.05, 0) is 30.3 Å². The van der Waals surface area contributed by atoms with Crippen LogP contribution in [0.1, 0.15) is 26.3 Å². The van der Waals surface area contributed by atoms with E-state index in [1.807, 2.05) is 0 Å². The Bertz CT molecular complexity index is 496. The van der Waals surface area contributed by atoms with Crippen molar-refractivity contribution in [2.45, 2.75) is 38.9 Å². The van der Waals surface area contributed by atoms with Gasteiger partial charge in [0.15, 0.2) is 17.2 Å². The number of hydrogen-bond acceptors (Lipinski definition) is 5. The van der Waals surface area contributed by atoms with Crippen molar-refractivity contribution in [1.29, 1.82) is 0 Å². The van der Waals surface area contributed by atoms with Gasteiger partial charge in [-0.25, -0.2) is 0 Å². The maximum Gasteiger partial charge on any atom is 0.250 e. The molecule has 1 aromatic rings. The number of methoxy groups -OCH3 is 2. The first-order valence-electron chi connectivity index (χ1n) is 6.78. The van der Waals surface area contributed by atoms with Gasteiger partial charge in [0.25, 0.3) is 8.32 Å². The van der Waals surface area contributed by atoms with Gasteiger partial charge in [0.2, 0.25) is 0 Å². The molecule has 0 unspecified atom stereocenters. The Kier molecular flexibility index (Phi) is 5.28. The van der Waals surface area contributed by atoms with Crippen molar-refractivity contribution in [3.8, 4) is 17.2 Å². The fourth-order valence-electron chi connectivity index (χ4n) is 1.55. The first-order chi connectivity index (χ1) is 9.66. The van der Waals surface area contributed by atoms with E-state index in [0.717, 1.165) is 0 Å². The van der Waals surface area contributed by atoms with Crippen molar-refractivity contribution < 1.29 is 19.1 Å². The highest BCUT2D eigenvalue weighted by molar-refractivity contribution is 6.74. The maximum absolute atomic E-state index is 8.67. The van der Waals surface area contributed by atoms with Gasteiger partial charge in [-0.2, -0.15) is 0 Å². The maximum atomic E-state index is 8.67. The molecule has 6 heteroatoms. The summed E-state index contributed by atoms with van der Waals surface area (Å²) < 4.78 is 17.1. The molecule has 0 aromatic heterocycles. The van der Waals surface area contributed by atoms with Gasteiger partial charge < -0.3 is 19.1 Å². The van der Waals surface area contributed by atoms with E-state index in [0.29, 0.717) is 22.8 Å². The second kappa shape index (κ2) is 6.38. The fourth-order valence-corrected chi connectivity index (χ4v) is 2.57. The molecule has 0 spiro atoms. The Morgan fingerprint density at radius 3 is 1.90 bits per heavy atom. The van der Waals surface area contributed by atoms with Crippen LogP contribution < -0.4 is 13.9 Å². The molecule has 1 aromatic carbocycles. The fraction of sp³-hybridized carbons (Fsp3) is 0.533. The molecule has 0 amide bonds. The molecule has 5 nitrogen and oxygen atoms in total. The number of oxime groups is 1. The largest absolute Gasteiger partial charge is 0.539 e. The molecule has 0 aliphatic rings. The lowest BCUT2D eigenvalue weighted by Crippen LogP contribution is -2.44. The quantitative estimate of drug-likeness (QED) is 0.388. The van der Waals surface area contributed by atoms with Crippen LogP contribution in [0.4, 0.5) is 0 Å². The zero-order chi connectivity index (χ0) is 16.3. The van der Waals surface area contributed by atoms with Crippen molar-refractivity contribution in [2.24, 2.45) is 5.16 Å². The predicted octanol–water partition coefficient (Wildman–Crippen LogP) is 3.90. The summed E-state index contributed by atoms with van der Waals surface area (Å²) in [7, 11) is 1.13. The summed E-state index contributed by atoms with van der Waals surface area (Å²) in [5, 5.41) is 11.8. The van der Waals surface area contributed by atoms with Crippen molar-refractivity contribution in [3.63, 3.8) is 0 Å². The number of ether oxygens (including phenoxy) is 2. The van der Waals surface area contributed by atoms with Gasteiger partial charge in [0, 0.05) is 5.56 Å². The highest BCUT2D eigenvalue weighted by atomic mass is 28.4. The highest BCUT2D eigenvalue weighted by Crippen LogP contribution is 2.44. The lowest BCUT2D eigenvalue weighted by atomic mass is 10.2. The molecular weight excluding hydrogens is 286 g/mol. The van der Waals surface area contributed by atoms with Crippen LogP contribution in [0.2, 0.25) is 18.1 Å². The molecule has 0 aliphatic carbocycles. The average molecular weight is 311 g/mol. The molecule has 0 bridgehead atoms. The molecule has 118 valence electrons. The van der Waals surface area contributed by atoms with Crippen LogP contribution >= 0.6 is 0 Å². The Labute approximate surface area is 127 Å². The SMILES string of the molecule is COc1cc(/C=N/O)cc(OC)c1O[Si](C)(C)C(C)(C)C. The third-order valence-electron chi connectivity index (χ3n) is 3.85. The minimum Gasteiger partial charge on any atom is -0.539 e. The second-order valence-corrected chi connectivity index (χ2v) is 11.1. The molecular formula is C15H25NO4Si. The normalized spacial score (nSPS) is 12.5. The molecule has 21 heavy (non-hydrogen) atoms. The molecule has 0 saturated heterocycles. The Morgan fingerprint density at radius 1 is 1.10 bits per heavy atom. The molecule has 1 rings (SSSR count). The van der Waals surface area contributed by atoms with E-state index < -0.39 is 8.32 Å². The molecule has 0 atom stereocenters. The second-order valence-electron chi connectivity index (χ2n) is 6.36. The molecule has 0 aliphatic heterocycles. The van der Waals surface area contributed by atoms with E-state index in [-0.39, 0.29) is 5.04 Å². The van der Waals surface area contributed by atoms with Crippen LogP contribution in [0.15, 0.2) is 17.3 Å². The summed E-state index contributed by atoms with van der Waals surface area (Å²) in [4.78, 5) is 0. The van der Waals surface area contributed by atoms with E-state index >= 15 is 0 Å². The van der Waals surface area contributed by atoms with Crippen molar-refractivity contribution >= 4 is 14.5 Å². The van der Waals surface area contributed by atoms with Gasteiger partial charge in [-0.15, -0.1) is 0 Å². The molecule has 1 N–H and O–H groups in total. The Hall–Kier alpha value is -1.69. The zero-order valence-electron chi connectivity index (χ0n) is 13.9. The minimum atomic E-state index is -2.02. The number of hydrogen-bond donors (Lipinski definition) is 1. The third kappa shape index (κ3) is 3.91. The summed E-state index contributed by atoms with van der Waals surface area (Å²) in [6.45, 7) is 10.8. The Morgan fingerprint density at radius 2 is 1.57 bits per heavy atom. The van der Waals surface area contributed by atoms with Gasteiger partial charge in [0.05, 0.1) is 20.4 Å². The van der Waals surface area contributed by atoms with Crippen molar-refractivity contribution in [1.82, 2.24) is 0 Å². The van der Waals surface area contributed by atoms with Gasteiger partial charge in [-0.3, -0.25) is 0 Å². The molecule has 0 heterocycles. The molecule has 0 saturated carbocycles. The van der Waals surface area contributed by atoms with Crippen molar-refractivity contribution in [3.05, 3.63) is 17.7 Å². The first kappa shape index (κ1) is 17.4. The topological polar surface area (TPSA) is 60.3 Å². The highest BCUT2D eigenvalue weighted by Gasteiger charge is 2.40. The smallest absolute Gasteiger partial charge is 0.250 e. The van der Waals surface area contributed by atoms with Gasteiger partial charge in [0.1, 0.15) is 0 Å². The van der Waals surface area contributed by atoms with E-state index in [2.05, 4.69) is 39.0 Å². The minimum absolute atomic E-state index is 0.0637. The van der Waals surface area contributed by atoms with Crippen LogP contribution in [-0.4, -0.2) is 34.0 Å². The third-order valence-corrected chi connectivity index (χ3v) is 8.18. The summed E-state index contributed by atoms with van der Waals surface area (Å²) in [5.41, 5.74) is 0.675. The monoisotopic (exact) mass is 311 g/mol. The van der Waals surface area contributed by atoms with E-state index in [1.165, 1.54) is 6.21 Å². The van der Waals surface area contributed by atoms with Crippen molar-refractivity contribution in [2.75, 3.05) is 14.2 Å².